The summed E-state index contributed by atoms with van der Waals surface area (Å²) < 4.78 is 38.3. The third-order valence-electron chi connectivity index (χ3n) is 5.70. The highest BCUT2D eigenvalue weighted by Gasteiger charge is 2.52. The number of carbonyl (C=O) groups is 1. The molecule has 2 aliphatic rings. The molecular weight excluding hydrogens is 367 g/mol. The second-order valence-electron chi connectivity index (χ2n) is 7.78. The Morgan fingerprint density at radius 2 is 1.93 bits per heavy atom. The van der Waals surface area contributed by atoms with Gasteiger partial charge in [-0.25, -0.2) is 0 Å². The van der Waals surface area contributed by atoms with Crippen LogP contribution in [0.4, 0.5) is 18.9 Å². The number of nitrogens with zero attached hydrogens (tertiary/aromatic N) is 2. The summed E-state index contributed by atoms with van der Waals surface area (Å²) >= 11 is 0. The van der Waals surface area contributed by atoms with Gasteiger partial charge in [-0.05, 0) is 55.5 Å². The molecule has 1 saturated heterocycles. The second kappa shape index (κ2) is 6.79. The first-order chi connectivity index (χ1) is 13.3. The maximum absolute atomic E-state index is 12.9. The molecule has 0 spiro atoms. The van der Waals surface area contributed by atoms with Crippen LogP contribution in [-0.2, 0) is 16.4 Å². The first-order valence-electron chi connectivity index (χ1n) is 9.43. The first-order valence-corrected chi connectivity index (χ1v) is 9.43. The molecule has 1 amide bonds. The third kappa shape index (κ3) is 3.57. The van der Waals surface area contributed by atoms with Crippen LogP contribution in [0.2, 0.25) is 0 Å². The van der Waals surface area contributed by atoms with Crippen molar-refractivity contribution >= 4 is 11.6 Å². The Kier molecular flexibility index (Phi) is 4.56. The van der Waals surface area contributed by atoms with Crippen LogP contribution in [0.25, 0.3) is 0 Å². The highest BCUT2D eigenvalue weighted by Crippen LogP contribution is 2.49. The summed E-state index contributed by atoms with van der Waals surface area (Å²) in [6, 6.07) is 7.10. The van der Waals surface area contributed by atoms with E-state index in [9.17, 15) is 18.0 Å². The molecule has 1 N–H and O–H groups in total. The van der Waals surface area contributed by atoms with Gasteiger partial charge < -0.3 is 10.2 Å². The van der Waals surface area contributed by atoms with Gasteiger partial charge >= 0.3 is 6.18 Å². The lowest BCUT2D eigenvalue weighted by molar-refractivity contribution is -0.137. The normalized spacial score (nSPS) is 20.9. The van der Waals surface area contributed by atoms with E-state index in [0.29, 0.717) is 24.9 Å². The maximum Gasteiger partial charge on any atom is 0.416 e. The predicted octanol–water partition coefficient (Wildman–Crippen LogP) is 3.84. The number of amides is 1. The van der Waals surface area contributed by atoms with Crippen molar-refractivity contribution in [1.29, 1.82) is 0 Å². The monoisotopic (exact) mass is 389 g/mol. The van der Waals surface area contributed by atoms with E-state index in [1.54, 1.807) is 6.20 Å². The van der Waals surface area contributed by atoms with E-state index in [1.165, 1.54) is 12.1 Å². The molecule has 4 nitrogen and oxygen atoms in total. The van der Waals surface area contributed by atoms with Crippen molar-refractivity contribution in [1.82, 2.24) is 10.3 Å². The highest BCUT2D eigenvalue weighted by atomic mass is 19.4. The summed E-state index contributed by atoms with van der Waals surface area (Å²) in [6.45, 7) is 3.54. The molecule has 2 fully saturated rings. The van der Waals surface area contributed by atoms with Gasteiger partial charge in [0, 0.05) is 25.3 Å². The fourth-order valence-electron chi connectivity index (χ4n) is 3.90. The largest absolute Gasteiger partial charge is 0.416 e. The number of pyridine rings is 1. The number of anilines is 1. The number of benzene rings is 1. The number of aryl methyl sites for hydroxylation is 1. The zero-order valence-corrected chi connectivity index (χ0v) is 15.6. The highest BCUT2D eigenvalue weighted by molar-refractivity contribution is 5.91. The van der Waals surface area contributed by atoms with Gasteiger partial charge in [-0.3, -0.25) is 9.78 Å². The Labute approximate surface area is 161 Å². The topological polar surface area (TPSA) is 45.2 Å². The molecule has 148 valence electrons. The standard InChI is InChI=1S/C21H22F3N3O/c1-14-10-18(12-25-11-14)27-9-6-17(13-27)26-19(28)20(7-8-20)15-2-4-16(5-3-15)21(22,23)24/h2-5,10-12,17H,6-9,13H2,1H3,(H,26,28)/t17-/m1/s1. The van der Waals surface area contributed by atoms with Crippen LogP contribution >= 0.6 is 0 Å². The van der Waals surface area contributed by atoms with Crippen LogP contribution in [0.15, 0.2) is 42.7 Å². The van der Waals surface area contributed by atoms with Crippen molar-refractivity contribution in [2.45, 2.75) is 43.8 Å². The van der Waals surface area contributed by atoms with Crippen molar-refractivity contribution in [2.24, 2.45) is 0 Å². The molecule has 0 unspecified atom stereocenters. The number of hydrogen-bond acceptors (Lipinski definition) is 3. The van der Waals surface area contributed by atoms with Crippen LogP contribution in [0.3, 0.4) is 0 Å². The Morgan fingerprint density at radius 1 is 1.21 bits per heavy atom. The van der Waals surface area contributed by atoms with Gasteiger partial charge in [-0.2, -0.15) is 13.2 Å². The third-order valence-corrected chi connectivity index (χ3v) is 5.70. The minimum absolute atomic E-state index is 0.0277. The van der Waals surface area contributed by atoms with Gasteiger partial charge in [-0.15, -0.1) is 0 Å². The summed E-state index contributed by atoms with van der Waals surface area (Å²) in [5.74, 6) is -0.0820. The minimum Gasteiger partial charge on any atom is -0.368 e. The van der Waals surface area contributed by atoms with Crippen molar-refractivity contribution in [2.75, 3.05) is 18.0 Å². The SMILES string of the molecule is Cc1cncc(N2CC[C@@H](NC(=O)C3(c4ccc(C(F)(F)F)cc4)CC3)C2)c1. The summed E-state index contributed by atoms with van der Waals surface area (Å²) in [4.78, 5) is 19.3. The smallest absolute Gasteiger partial charge is 0.368 e. The molecule has 1 aromatic heterocycles. The molecule has 1 aromatic carbocycles. The lowest BCUT2D eigenvalue weighted by Gasteiger charge is -2.21. The minimum atomic E-state index is -4.37. The maximum atomic E-state index is 12.9. The molecule has 28 heavy (non-hydrogen) atoms. The van der Waals surface area contributed by atoms with E-state index in [2.05, 4.69) is 21.3 Å². The van der Waals surface area contributed by atoms with Gasteiger partial charge in [-0.1, -0.05) is 12.1 Å². The number of carbonyl (C=O) groups excluding carboxylic acids is 1. The predicted molar refractivity (Wildman–Crippen MR) is 100 cm³/mol. The van der Waals surface area contributed by atoms with E-state index in [1.807, 2.05) is 13.1 Å². The Hall–Kier alpha value is -2.57. The molecular formula is C21H22F3N3O. The molecule has 4 rings (SSSR count). The van der Waals surface area contributed by atoms with Crippen molar-refractivity contribution in [3.05, 3.63) is 59.4 Å². The van der Waals surface area contributed by atoms with E-state index in [4.69, 9.17) is 0 Å². The number of aromatic nitrogens is 1. The van der Waals surface area contributed by atoms with Gasteiger partial charge in [0.2, 0.25) is 5.91 Å². The van der Waals surface area contributed by atoms with Gasteiger partial charge in [0.15, 0.2) is 0 Å². The molecule has 0 bridgehead atoms. The molecule has 0 radical (unpaired) electrons. The van der Waals surface area contributed by atoms with E-state index in [-0.39, 0.29) is 11.9 Å². The zero-order valence-electron chi connectivity index (χ0n) is 15.6. The van der Waals surface area contributed by atoms with E-state index in [0.717, 1.165) is 36.3 Å². The molecule has 7 heteroatoms. The number of nitrogens with one attached hydrogen (secondary N) is 1. The Balaban J connectivity index is 1.41. The lowest BCUT2D eigenvalue weighted by Crippen LogP contribution is -2.43. The van der Waals surface area contributed by atoms with Crippen LogP contribution in [0, 0.1) is 6.92 Å². The quantitative estimate of drug-likeness (QED) is 0.864. The Morgan fingerprint density at radius 3 is 2.54 bits per heavy atom. The van der Waals surface area contributed by atoms with E-state index >= 15 is 0 Å². The van der Waals surface area contributed by atoms with Crippen molar-refractivity contribution in [3.8, 4) is 0 Å². The average molecular weight is 389 g/mol. The summed E-state index contributed by atoms with van der Waals surface area (Å²) in [6.07, 6.45) is 1.44. The van der Waals surface area contributed by atoms with E-state index < -0.39 is 17.2 Å². The molecule has 1 atom stereocenters. The molecule has 2 aromatic rings. The summed E-state index contributed by atoms with van der Waals surface area (Å²) in [5, 5.41) is 3.12. The number of hydrogen-bond donors (Lipinski definition) is 1. The number of halogens is 3. The zero-order chi connectivity index (χ0) is 19.9. The molecule has 1 saturated carbocycles. The van der Waals surface area contributed by atoms with Crippen molar-refractivity contribution < 1.29 is 18.0 Å². The lowest BCUT2D eigenvalue weighted by atomic mass is 9.93. The fourth-order valence-corrected chi connectivity index (χ4v) is 3.90. The van der Waals surface area contributed by atoms with Crippen LogP contribution in [0.1, 0.15) is 36.0 Å². The molecule has 1 aliphatic carbocycles. The van der Waals surface area contributed by atoms with Gasteiger partial charge in [0.25, 0.3) is 0 Å². The van der Waals surface area contributed by atoms with Crippen LogP contribution in [-0.4, -0.2) is 30.0 Å². The van der Waals surface area contributed by atoms with Crippen LogP contribution < -0.4 is 10.2 Å². The second-order valence-corrected chi connectivity index (χ2v) is 7.78. The number of alkyl halides is 3. The van der Waals surface area contributed by atoms with Crippen molar-refractivity contribution in [3.63, 3.8) is 0 Å². The summed E-state index contributed by atoms with van der Waals surface area (Å²) in [5.41, 5.74) is 1.42. The fraction of sp³-hybridized carbons (Fsp3) is 0.429. The number of rotatable bonds is 4. The average Bonchev–Trinajstić information content (AvgIpc) is 3.34. The first kappa shape index (κ1) is 18.8. The van der Waals surface area contributed by atoms with Crippen LogP contribution in [0.5, 0.6) is 0 Å². The molecule has 1 aliphatic heterocycles. The summed E-state index contributed by atoms with van der Waals surface area (Å²) in [7, 11) is 0. The van der Waals surface area contributed by atoms with Gasteiger partial charge in [0.05, 0.1) is 22.9 Å². The molecule has 2 heterocycles. The van der Waals surface area contributed by atoms with Gasteiger partial charge in [0.1, 0.15) is 0 Å². The Bertz CT molecular complexity index is 875.